The van der Waals surface area contributed by atoms with Gasteiger partial charge in [-0.2, -0.15) is 0 Å². The number of rotatable bonds is 7. The fraction of sp³-hybridized carbons (Fsp3) is 0.833. The van der Waals surface area contributed by atoms with Crippen LogP contribution in [0.3, 0.4) is 0 Å². The Kier molecular flexibility index (Phi) is 6.58. The molecule has 0 aromatic carbocycles. The molecule has 1 saturated carbocycles. The zero-order valence-electron chi connectivity index (χ0n) is 11.0. The molecule has 0 heterocycles. The molecule has 1 rings (SSSR count). The second-order valence-electron chi connectivity index (χ2n) is 4.68. The monoisotopic (exact) mass is 274 g/mol. The van der Waals surface area contributed by atoms with Crippen molar-refractivity contribution in [2.45, 2.75) is 31.7 Å². The molecule has 0 radical (unpaired) electrons. The number of carbonyl (C=O) groups excluding carboxylic acids is 1. The van der Waals surface area contributed by atoms with Crippen molar-refractivity contribution in [3.63, 3.8) is 0 Å². The van der Waals surface area contributed by atoms with Crippen molar-refractivity contribution in [1.29, 1.82) is 0 Å². The quantitative estimate of drug-likeness (QED) is 0.593. The summed E-state index contributed by atoms with van der Waals surface area (Å²) in [7, 11) is 0. The van der Waals surface area contributed by atoms with Crippen LogP contribution in [0.5, 0.6) is 0 Å². The average molecular weight is 274 g/mol. The number of aliphatic hydroxyl groups is 2. The van der Waals surface area contributed by atoms with Gasteiger partial charge in [-0.05, 0) is 12.8 Å². The highest BCUT2D eigenvalue weighted by atomic mass is 16.4. The van der Waals surface area contributed by atoms with Gasteiger partial charge in [0, 0.05) is 19.1 Å². The molecule has 7 nitrogen and oxygen atoms in total. The van der Waals surface area contributed by atoms with Gasteiger partial charge in [-0.3, -0.25) is 4.79 Å². The van der Waals surface area contributed by atoms with Crippen LogP contribution in [0.2, 0.25) is 0 Å². The van der Waals surface area contributed by atoms with Crippen molar-refractivity contribution in [1.82, 2.24) is 9.80 Å². The third-order valence-corrected chi connectivity index (χ3v) is 3.33. The first kappa shape index (κ1) is 15.7. The Bertz CT molecular complexity index is 298. The molecule has 0 atom stereocenters. The average Bonchev–Trinajstić information content (AvgIpc) is 2.88. The van der Waals surface area contributed by atoms with E-state index in [1.165, 1.54) is 9.80 Å². The normalized spacial score (nSPS) is 15.5. The van der Waals surface area contributed by atoms with E-state index in [1.807, 2.05) is 0 Å². The first-order valence-corrected chi connectivity index (χ1v) is 6.59. The molecule has 1 aliphatic rings. The van der Waals surface area contributed by atoms with Crippen molar-refractivity contribution in [2.24, 2.45) is 0 Å². The molecule has 0 unspecified atom stereocenters. The summed E-state index contributed by atoms with van der Waals surface area (Å²) in [6, 6.07) is -0.471. The number of aliphatic carboxylic acids is 1. The molecular formula is C12H22N2O5. The second kappa shape index (κ2) is 7.96. The van der Waals surface area contributed by atoms with Gasteiger partial charge in [0.25, 0.3) is 0 Å². The zero-order chi connectivity index (χ0) is 14.3. The van der Waals surface area contributed by atoms with Gasteiger partial charge >= 0.3 is 12.0 Å². The van der Waals surface area contributed by atoms with Crippen LogP contribution in [-0.2, 0) is 4.79 Å². The number of aliphatic hydroxyl groups excluding tert-OH is 2. The lowest BCUT2D eigenvalue weighted by molar-refractivity contribution is -0.138. The third kappa shape index (κ3) is 4.68. The molecule has 7 heteroatoms. The van der Waals surface area contributed by atoms with Gasteiger partial charge < -0.3 is 25.1 Å². The predicted molar refractivity (Wildman–Crippen MR) is 67.7 cm³/mol. The van der Waals surface area contributed by atoms with Crippen molar-refractivity contribution in [3.05, 3.63) is 0 Å². The highest BCUT2D eigenvalue weighted by Gasteiger charge is 2.30. The number of carboxylic acid groups (broad SMARTS) is 1. The Morgan fingerprint density at radius 1 is 1.05 bits per heavy atom. The third-order valence-electron chi connectivity index (χ3n) is 3.33. The highest BCUT2D eigenvalue weighted by molar-refractivity contribution is 5.80. The van der Waals surface area contributed by atoms with Crippen molar-refractivity contribution >= 4 is 12.0 Å². The Morgan fingerprint density at radius 2 is 1.58 bits per heavy atom. The predicted octanol–water partition coefficient (Wildman–Crippen LogP) is -0.278. The summed E-state index contributed by atoms with van der Waals surface area (Å²) in [5.41, 5.74) is 0. The van der Waals surface area contributed by atoms with E-state index < -0.39 is 12.0 Å². The van der Waals surface area contributed by atoms with Crippen LogP contribution < -0.4 is 0 Å². The summed E-state index contributed by atoms with van der Waals surface area (Å²) in [4.78, 5) is 25.9. The Labute approximate surface area is 112 Å². The second-order valence-corrected chi connectivity index (χ2v) is 4.68. The van der Waals surface area contributed by atoms with Gasteiger partial charge in [-0.15, -0.1) is 0 Å². The van der Waals surface area contributed by atoms with E-state index in [1.54, 1.807) is 0 Å². The molecule has 1 aliphatic carbocycles. The molecule has 110 valence electrons. The Morgan fingerprint density at radius 3 is 2.00 bits per heavy atom. The summed E-state index contributed by atoms with van der Waals surface area (Å²) < 4.78 is 0. The molecule has 0 aromatic rings. The topological polar surface area (TPSA) is 101 Å². The summed E-state index contributed by atoms with van der Waals surface area (Å²) in [5, 5.41) is 26.8. The van der Waals surface area contributed by atoms with E-state index in [4.69, 9.17) is 15.3 Å². The molecule has 3 N–H and O–H groups in total. The molecule has 0 spiro atoms. The summed E-state index contributed by atoms with van der Waals surface area (Å²) in [6.07, 6.45) is 3.61. The van der Waals surface area contributed by atoms with Gasteiger partial charge in [-0.25, -0.2) is 4.79 Å². The van der Waals surface area contributed by atoms with Gasteiger partial charge in [0.1, 0.15) is 6.54 Å². The van der Waals surface area contributed by atoms with Crippen molar-refractivity contribution in [2.75, 3.05) is 32.8 Å². The molecule has 19 heavy (non-hydrogen) atoms. The minimum Gasteiger partial charge on any atom is -0.480 e. The van der Waals surface area contributed by atoms with Crippen LogP contribution in [0.25, 0.3) is 0 Å². The van der Waals surface area contributed by atoms with Crippen LogP contribution in [0.1, 0.15) is 25.7 Å². The van der Waals surface area contributed by atoms with E-state index >= 15 is 0 Å². The fourth-order valence-electron chi connectivity index (χ4n) is 2.44. The van der Waals surface area contributed by atoms with E-state index in [-0.39, 0.29) is 38.9 Å². The first-order chi connectivity index (χ1) is 9.10. The zero-order valence-corrected chi connectivity index (χ0v) is 11.0. The van der Waals surface area contributed by atoms with Gasteiger partial charge in [0.2, 0.25) is 0 Å². The number of hydrogen-bond acceptors (Lipinski definition) is 4. The van der Waals surface area contributed by atoms with E-state index in [0.717, 1.165) is 25.7 Å². The van der Waals surface area contributed by atoms with E-state index in [9.17, 15) is 9.59 Å². The summed E-state index contributed by atoms with van der Waals surface area (Å²) >= 11 is 0. The lowest BCUT2D eigenvalue weighted by atomic mass is 10.2. The van der Waals surface area contributed by atoms with Crippen molar-refractivity contribution < 1.29 is 24.9 Å². The number of urea groups is 1. The maximum atomic E-state index is 12.3. The van der Waals surface area contributed by atoms with Crippen LogP contribution >= 0.6 is 0 Å². The van der Waals surface area contributed by atoms with Crippen molar-refractivity contribution in [3.8, 4) is 0 Å². The Hall–Kier alpha value is -1.34. The maximum Gasteiger partial charge on any atom is 0.323 e. The van der Waals surface area contributed by atoms with Crippen LogP contribution in [-0.4, -0.2) is 76.0 Å². The number of carbonyl (C=O) groups is 2. The molecular weight excluding hydrogens is 252 g/mol. The van der Waals surface area contributed by atoms with Gasteiger partial charge in [-0.1, -0.05) is 12.8 Å². The molecule has 0 saturated heterocycles. The van der Waals surface area contributed by atoms with Crippen LogP contribution in [0.4, 0.5) is 4.79 Å². The number of hydrogen-bond donors (Lipinski definition) is 3. The molecule has 2 amide bonds. The summed E-state index contributed by atoms with van der Waals surface area (Å²) in [5.74, 6) is -1.05. The molecule has 0 aromatic heterocycles. The standard InChI is InChI=1S/C12H22N2O5/c15-7-5-13(6-8-16)12(19)14(9-11(17)18)10-3-1-2-4-10/h10,15-16H,1-9H2,(H,17,18). The van der Waals surface area contributed by atoms with E-state index in [0.29, 0.717) is 0 Å². The fourth-order valence-corrected chi connectivity index (χ4v) is 2.44. The number of nitrogens with zero attached hydrogens (tertiary/aromatic N) is 2. The summed E-state index contributed by atoms with van der Waals surface area (Å²) in [6.45, 7) is -0.560. The highest BCUT2D eigenvalue weighted by Crippen LogP contribution is 2.24. The molecule has 1 fully saturated rings. The van der Waals surface area contributed by atoms with Gasteiger partial charge in [0.15, 0.2) is 0 Å². The smallest absolute Gasteiger partial charge is 0.323 e. The minimum absolute atomic E-state index is 0.0523. The number of amides is 2. The molecule has 0 bridgehead atoms. The SMILES string of the molecule is O=C(O)CN(C(=O)N(CCO)CCO)C1CCCC1. The molecule has 0 aliphatic heterocycles. The lowest BCUT2D eigenvalue weighted by Crippen LogP contribution is -2.50. The maximum absolute atomic E-state index is 12.3. The van der Waals surface area contributed by atoms with Crippen LogP contribution in [0, 0.1) is 0 Å². The lowest BCUT2D eigenvalue weighted by Gasteiger charge is -2.33. The minimum atomic E-state index is -1.05. The largest absolute Gasteiger partial charge is 0.480 e. The number of carboxylic acids is 1. The van der Waals surface area contributed by atoms with Crippen LogP contribution in [0.15, 0.2) is 0 Å². The Balaban J connectivity index is 2.75. The van der Waals surface area contributed by atoms with E-state index in [2.05, 4.69) is 0 Å². The first-order valence-electron chi connectivity index (χ1n) is 6.59. The van der Waals surface area contributed by atoms with Gasteiger partial charge in [0.05, 0.1) is 13.2 Å².